The predicted molar refractivity (Wildman–Crippen MR) is 141 cm³/mol. The van der Waals surface area contributed by atoms with Crippen molar-refractivity contribution < 1.29 is 4.79 Å². The summed E-state index contributed by atoms with van der Waals surface area (Å²) >= 11 is 1.30. The molecule has 1 aliphatic rings. The number of nitrogens with one attached hydrogen (secondary N) is 2. The van der Waals surface area contributed by atoms with Crippen molar-refractivity contribution in [1.82, 2.24) is 24.3 Å². The molecule has 4 heterocycles. The van der Waals surface area contributed by atoms with Gasteiger partial charge in [-0.05, 0) is 44.4 Å². The van der Waals surface area contributed by atoms with E-state index in [2.05, 4.69) is 25.4 Å². The molecule has 0 unspecified atom stereocenters. The van der Waals surface area contributed by atoms with E-state index in [0.717, 1.165) is 49.4 Å². The highest BCUT2D eigenvalue weighted by atomic mass is 32.1. The number of pyridine rings is 1. The minimum Gasteiger partial charge on any atom is -0.367 e. The quantitative estimate of drug-likeness (QED) is 0.413. The van der Waals surface area contributed by atoms with Gasteiger partial charge in [-0.2, -0.15) is 0 Å². The van der Waals surface area contributed by atoms with Crippen LogP contribution in [-0.2, 0) is 6.54 Å². The molecule has 0 atom stereocenters. The molecule has 0 spiro atoms. The molecule has 1 aliphatic heterocycles. The molecule has 9 nitrogen and oxygen atoms in total. The zero-order valence-corrected chi connectivity index (χ0v) is 20.7. The van der Waals surface area contributed by atoms with Gasteiger partial charge in [-0.1, -0.05) is 12.1 Å². The molecule has 3 aromatic heterocycles. The second-order valence-corrected chi connectivity index (χ2v) is 9.85. The van der Waals surface area contributed by atoms with Crippen LogP contribution >= 0.6 is 11.3 Å². The highest BCUT2D eigenvalue weighted by Crippen LogP contribution is 2.28. The van der Waals surface area contributed by atoms with Gasteiger partial charge in [-0.25, -0.2) is 4.79 Å². The molecule has 4 aromatic rings. The number of likely N-dealkylation sites (N-methyl/N-ethyl adjacent to an activating group) is 1. The number of benzene rings is 1. The summed E-state index contributed by atoms with van der Waals surface area (Å²) in [4.78, 5) is 35.6. The van der Waals surface area contributed by atoms with Crippen LogP contribution in [0, 0.1) is 0 Å². The third-order valence-corrected chi connectivity index (χ3v) is 7.22. The largest absolute Gasteiger partial charge is 0.367 e. The number of imidazole rings is 1. The fourth-order valence-corrected chi connectivity index (χ4v) is 5.27. The van der Waals surface area contributed by atoms with Crippen LogP contribution in [0.1, 0.15) is 9.67 Å². The molecular formula is C25H29N7O2S. The Labute approximate surface area is 207 Å². The minimum atomic E-state index is -0.213. The second-order valence-electron chi connectivity index (χ2n) is 8.78. The summed E-state index contributed by atoms with van der Waals surface area (Å²) in [6, 6.07) is 13.3. The lowest BCUT2D eigenvalue weighted by atomic mass is 10.2. The smallest absolute Gasteiger partial charge is 0.334 e. The SMILES string of the molecule is CN(C)CCn1c(=O)n(-c2ccc(C(=O)Nc3cnccc3N3CCNCC3)s2)c2ccccc21. The highest BCUT2D eigenvalue weighted by Gasteiger charge is 2.20. The van der Waals surface area contributed by atoms with Crippen molar-refractivity contribution in [3.05, 3.63) is 70.2 Å². The van der Waals surface area contributed by atoms with Gasteiger partial charge in [-0.15, -0.1) is 11.3 Å². The lowest BCUT2D eigenvalue weighted by Crippen LogP contribution is -2.43. The van der Waals surface area contributed by atoms with Crippen LogP contribution in [0.15, 0.2) is 59.7 Å². The molecule has 1 fully saturated rings. The van der Waals surface area contributed by atoms with Crippen LogP contribution < -0.4 is 21.2 Å². The monoisotopic (exact) mass is 491 g/mol. The predicted octanol–water partition coefficient (Wildman–Crippen LogP) is 2.47. The van der Waals surface area contributed by atoms with E-state index in [1.807, 2.05) is 50.5 Å². The molecular weight excluding hydrogens is 462 g/mol. The molecule has 1 aromatic carbocycles. The van der Waals surface area contributed by atoms with Crippen LogP contribution in [0.3, 0.4) is 0 Å². The topological polar surface area (TPSA) is 87.4 Å². The summed E-state index contributed by atoms with van der Waals surface area (Å²) in [6.07, 6.45) is 3.43. The second kappa shape index (κ2) is 10.0. The number of hydrogen-bond donors (Lipinski definition) is 2. The number of piperazine rings is 1. The zero-order valence-electron chi connectivity index (χ0n) is 19.9. The number of amides is 1. The molecule has 0 saturated carbocycles. The lowest BCUT2D eigenvalue weighted by molar-refractivity contribution is 0.103. The van der Waals surface area contributed by atoms with E-state index in [9.17, 15) is 9.59 Å². The number of anilines is 2. The maximum absolute atomic E-state index is 13.4. The third-order valence-electron chi connectivity index (χ3n) is 6.15. The minimum absolute atomic E-state index is 0.102. The molecule has 0 bridgehead atoms. The summed E-state index contributed by atoms with van der Waals surface area (Å²) in [5.74, 6) is -0.213. The van der Waals surface area contributed by atoms with Gasteiger partial charge in [0.1, 0.15) is 5.00 Å². The first-order valence-corrected chi connectivity index (χ1v) is 12.5. The number of carbonyl (C=O) groups excluding carboxylic acids is 1. The number of rotatable bonds is 7. The van der Waals surface area contributed by atoms with Gasteiger partial charge in [0.05, 0.1) is 33.5 Å². The van der Waals surface area contributed by atoms with Crippen LogP contribution in [0.2, 0.25) is 0 Å². The van der Waals surface area contributed by atoms with Crippen molar-refractivity contribution in [3.63, 3.8) is 0 Å². The average molecular weight is 492 g/mol. The summed E-state index contributed by atoms with van der Waals surface area (Å²) in [5, 5.41) is 7.09. The summed E-state index contributed by atoms with van der Waals surface area (Å²) in [6.45, 7) is 4.90. The molecule has 182 valence electrons. The molecule has 0 aliphatic carbocycles. The number of hydrogen-bond acceptors (Lipinski definition) is 7. The van der Waals surface area contributed by atoms with E-state index in [4.69, 9.17) is 0 Å². The van der Waals surface area contributed by atoms with E-state index in [1.54, 1.807) is 27.6 Å². The van der Waals surface area contributed by atoms with Crippen LogP contribution in [0.4, 0.5) is 11.4 Å². The molecule has 35 heavy (non-hydrogen) atoms. The van der Waals surface area contributed by atoms with Gasteiger partial charge in [-0.3, -0.25) is 18.9 Å². The van der Waals surface area contributed by atoms with Crippen molar-refractivity contribution in [2.24, 2.45) is 0 Å². The lowest BCUT2D eigenvalue weighted by Gasteiger charge is -2.30. The average Bonchev–Trinajstić information content (AvgIpc) is 3.46. The first-order valence-electron chi connectivity index (χ1n) is 11.7. The molecule has 2 N–H and O–H groups in total. The van der Waals surface area contributed by atoms with Crippen molar-refractivity contribution in [1.29, 1.82) is 0 Å². The summed E-state index contributed by atoms with van der Waals surface area (Å²) in [5.41, 5.74) is 3.27. The molecule has 1 saturated heterocycles. The number of fused-ring (bicyclic) bond motifs is 1. The Morgan fingerprint density at radius 3 is 2.66 bits per heavy atom. The van der Waals surface area contributed by atoms with Gasteiger partial charge >= 0.3 is 5.69 Å². The number of aromatic nitrogens is 3. The number of carbonyl (C=O) groups is 1. The van der Waals surface area contributed by atoms with E-state index in [0.29, 0.717) is 22.1 Å². The fraction of sp³-hybridized carbons (Fsp3) is 0.320. The highest BCUT2D eigenvalue weighted by molar-refractivity contribution is 7.16. The van der Waals surface area contributed by atoms with E-state index >= 15 is 0 Å². The van der Waals surface area contributed by atoms with Crippen molar-refractivity contribution in [2.75, 3.05) is 57.0 Å². The summed E-state index contributed by atoms with van der Waals surface area (Å²) < 4.78 is 3.49. The normalized spacial score (nSPS) is 14.1. The fourth-order valence-electron chi connectivity index (χ4n) is 4.36. The molecule has 0 radical (unpaired) electrons. The molecule has 1 amide bonds. The van der Waals surface area contributed by atoms with Gasteiger partial charge in [0.25, 0.3) is 5.91 Å². The van der Waals surface area contributed by atoms with Crippen LogP contribution in [0.5, 0.6) is 0 Å². The Bertz CT molecular complexity index is 1400. The van der Waals surface area contributed by atoms with Crippen molar-refractivity contribution in [2.45, 2.75) is 6.54 Å². The maximum atomic E-state index is 13.4. The standard InChI is InChI=1S/C25H29N7O2S/c1-29(2)15-16-31-20-5-3-4-6-21(20)32(25(31)34)23-8-7-22(35-23)24(33)28-18-17-27-10-9-19(18)30-13-11-26-12-14-30/h3-10,17,26H,11-16H2,1-2H3,(H,28,33). The van der Waals surface area contributed by atoms with Gasteiger partial charge in [0, 0.05) is 45.5 Å². The Hall–Kier alpha value is -3.47. The first-order chi connectivity index (χ1) is 17.0. The van der Waals surface area contributed by atoms with Crippen molar-refractivity contribution >= 4 is 39.7 Å². The Morgan fingerprint density at radius 2 is 1.89 bits per heavy atom. The first kappa shape index (κ1) is 23.3. The van der Waals surface area contributed by atoms with Gasteiger partial charge in [0.15, 0.2) is 0 Å². The van der Waals surface area contributed by atoms with Gasteiger partial charge < -0.3 is 20.4 Å². The number of para-hydroxylation sites is 2. The zero-order chi connectivity index (χ0) is 24.4. The third kappa shape index (κ3) is 4.72. The Morgan fingerprint density at radius 1 is 1.11 bits per heavy atom. The Balaban J connectivity index is 1.43. The van der Waals surface area contributed by atoms with Crippen LogP contribution in [0.25, 0.3) is 16.0 Å². The maximum Gasteiger partial charge on any atom is 0.334 e. The molecule has 10 heteroatoms. The van der Waals surface area contributed by atoms with Gasteiger partial charge in [0.2, 0.25) is 0 Å². The van der Waals surface area contributed by atoms with E-state index in [-0.39, 0.29) is 11.6 Å². The van der Waals surface area contributed by atoms with E-state index in [1.165, 1.54) is 11.3 Å². The van der Waals surface area contributed by atoms with Crippen molar-refractivity contribution in [3.8, 4) is 5.00 Å². The molecule has 5 rings (SSSR count). The van der Waals surface area contributed by atoms with Crippen LogP contribution in [-0.4, -0.2) is 71.7 Å². The number of nitrogens with zero attached hydrogens (tertiary/aromatic N) is 5. The number of thiophene rings is 1. The summed E-state index contributed by atoms with van der Waals surface area (Å²) in [7, 11) is 3.98. The Kier molecular flexibility index (Phi) is 6.67. The van der Waals surface area contributed by atoms with E-state index < -0.39 is 0 Å².